The van der Waals surface area contributed by atoms with Crippen LogP contribution in [0.4, 0.5) is 5.13 Å². The number of methoxy groups -OCH3 is 1. The molecule has 0 aliphatic carbocycles. The third kappa shape index (κ3) is 3.43. The summed E-state index contributed by atoms with van der Waals surface area (Å²) >= 11 is 1.60. The molecule has 2 heterocycles. The van der Waals surface area contributed by atoms with Crippen LogP contribution in [0.1, 0.15) is 18.5 Å². The smallest absolute Gasteiger partial charge is 0.303 e. The number of carboxylic acids is 1. The number of aromatic nitrogens is 1. The molecule has 1 aliphatic rings. The topological polar surface area (TPSA) is 62.7 Å². The zero-order valence-electron chi connectivity index (χ0n) is 10.5. The van der Waals surface area contributed by atoms with Gasteiger partial charge in [0.15, 0.2) is 5.13 Å². The van der Waals surface area contributed by atoms with Gasteiger partial charge in [0.05, 0.1) is 18.7 Å². The van der Waals surface area contributed by atoms with E-state index in [0.717, 1.165) is 36.9 Å². The van der Waals surface area contributed by atoms with E-state index >= 15 is 0 Å². The van der Waals surface area contributed by atoms with Crippen LogP contribution in [-0.2, 0) is 16.0 Å². The molecule has 18 heavy (non-hydrogen) atoms. The molecular formula is C12H18N2O3S. The van der Waals surface area contributed by atoms with Crippen LogP contribution in [0.5, 0.6) is 0 Å². The molecule has 2 rings (SSSR count). The van der Waals surface area contributed by atoms with Crippen LogP contribution in [0.3, 0.4) is 0 Å². The molecule has 1 saturated heterocycles. The molecule has 0 spiro atoms. The fraction of sp³-hybridized carbons (Fsp3) is 0.667. The van der Waals surface area contributed by atoms with Crippen molar-refractivity contribution >= 4 is 22.4 Å². The first-order valence-corrected chi connectivity index (χ1v) is 6.97. The summed E-state index contributed by atoms with van der Waals surface area (Å²) in [6.45, 7) is 2.80. The molecule has 1 atom stereocenters. The lowest BCUT2D eigenvalue weighted by molar-refractivity contribution is -0.136. The second kappa shape index (κ2) is 6.15. The Kier molecular flexibility index (Phi) is 4.54. The van der Waals surface area contributed by atoms with Gasteiger partial charge >= 0.3 is 5.97 Å². The first kappa shape index (κ1) is 13.3. The zero-order chi connectivity index (χ0) is 13.0. The maximum Gasteiger partial charge on any atom is 0.303 e. The third-order valence-electron chi connectivity index (χ3n) is 3.09. The van der Waals surface area contributed by atoms with E-state index in [4.69, 9.17) is 9.84 Å². The average molecular weight is 270 g/mol. The van der Waals surface area contributed by atoms with Crippen molar-refractivity contribution in [1.29, 1.82) is 0 Å². The Morgan fingerprint density at radius 2 is 2.56 bits per heavy atom. The van der Waals surface area contributed by atoms with Gasteiger partial charge in [0, 0.05) is 37.9 Å². The molecule has 1 aliphatic heterocycles. The molecule has 100 valence electrons. The second-order valence-corrected chi connectivity index (χ2v) is 5.41. The lowest BCUT2D eigenvalue weighted by atomic mass is 10.1. The summed E-state index contributed by atoms with van der Waals surface area (Å²) in [5, 5.41) is 11.6. The Morgan fingerprint density at radius 1 is 1.72 bits per heavy atom. The van der Waals surface area contributed by atoms with Crippen LogP contribution < -0.4 is 4.90 Å². The van der Waals surface area contributed by atoms with Gasteiger partial charge in [-0.2, -0.15) is 0 Å². The largest absolute Gasteiger partial charge is 0.481 e. The summed E-state index contributed by atoms with van der Waals surface area (Å²) in [4.78, 5) is 17.3. The molecule has 1 unspecified atom stereocenters. The number of anilines is 1. The molecule has 1 fully saturated rings. The average Bonchev–Trinajstić information content (AvgIpc) is 2.94. The van der Waals surface area contributed by atoms with E-state index in [0.29, 0.717) is 12.3 Å². The molecule has 1 aromatic heterocycles. The molecule has 1 N–H and O–H groups in total. The highest BCUT2D eigenvalue weighted by atomic mass is 32.1. The van der Waals surface area contributed by atoms with E-state index in [1.54, 1.807) is 18.4 Å². The van der Waals surface area contributed by atoms with Crippen molar-refractivity contribution in [2.45, 2.75) is 19.3 Å². The van der Waals surface area contributed by atoms with Crippen LogP contribution >= 0.6 is 11.3 Å². The van der Waals surface area contributed by atoms with Crippen LogP contribution in [0, 0.1) is 5.92 Å². The minimum Gasteiger partial charge on any atom is -0.481 e. The van der Waals surface area contributed by atoms with Gasteiger partial charge in [0.25, 0.3) is 0 Å². The van der Waals surface area contributed by atoms with Crippen LogP contribution in [0.25, 0.3) is 0 Å². The molecule has 0 amide bonds. The van der Waals surface area contributed by atoms with Crippen molar-refractivity contribution in [1.82, 2.24) is 4.98 Å². The molecular weight excluding hydrogens is 252 g/mol. The first-order valence-electron chi connectivity index (χ1n) is 6.09. The Labute approximate surface area is 110 Å². The molecule has 0 aromatic carbocycles. The predicted molar refractivity (Wildman–Crippen MR) is 70.3 cm³/mol. The van der Waals surface area contributed by atoms with Gasteiger partial charge in [-0.25, -0.2) is 4.98 Å². The molecule has 1 aromatic rings. The Morgan fingerprint density at radius 3 is 3.28 bits per heavy atom. The summed E-state index contributed by atoms with van der Waals surface area (Å²) in [5.41, 5.74) is 0.882. The molecule has 6 heteroatoms. The highest BCUT2D eigenvalue weighted by molar-refractivity contribution is 7.13. The van der Waals surface area contributed by atoms with Crippen molar-refractivity contribution < 1.29 is 14.6 Å². The first-order chi connectivity index (χ1) is 8.69. The predicted octanol–water partition coefficient (Wildman–Crippen LogP) is 1.63. The minimum atomic E-state index is -0.772. The molecule has 0 saturated carbocycles. The zero-order valence-corrected chi connectivity index (χ0v) is 11.3. The Hall–Kier alpha value is -1.14. The lowest BCUT2D eigenvalue weighted by Crippen LogP contribution is -2.20. The van der Waals surface area contributed by atoms with E-state index in [1.165, 1.54) is 0 Å². The highest BCUT2D eigenvalue weighted by Gasteiger charge is 2.24. The maximum atomic E-state index is 10.5. The lowest BCUT2D eigenvalue weighted by Gasteiger charge is -2.14. The summed E-state index contributed by atoms with van der Waals surface area (Å²) in [6, 6.07) is 0. The molecule has 0 radical (unpaired) electrons. The van der Waals surface area contributed by atoms with Gasteiger partial charge in [-0.1, -0.05) is 0 Å². The van der Waals surface area contributed by atoms with Gasteiger partial charge in [-0.15, -0.1) is 11.3 Å². The summed E-state index contributed by atoms with van der Waals surface area (Å²) in [6.07, 6.45) is 1.80. The van der Waals surface area contributed by atoms with Gasteiger partial charge in [-0.3, -0.25) is 4.79 Å². The van der Waals surface area contributed by atoms with Crippen LogP contribution in [0.15, 0.2) is 5.38 Å². The normalized spacial score (nSPS) is 19.4. The number of carboxylic acid groups (broad SMARTS) is 1. The quantitative estimate of drug-likeness (QED) is 0.851. The number of hydrogen-bond acceptors (Lipinski definition) is 5. The minimum absolute atomic E-state index is 0.148. The number of aryl methyl sites for hydroxylation is 1. The van der Waals surface area contributed by atoms with E-state index in [2.05, 4.69) is 9.88 Å². The third-order valence-corrected chi connectivity index (χ3v) is 4.04. The highest BCUT2D eigenvalue weighted by Crippen LogP contribution is 2.27. The van der Waals surface area contributed by atoms with Gasteiger partial charge in [0.2, 0.25) is 0 Å². The number of rotatable bonds is 6. The number of nitrogens with zero attached hydrogens (tertiary/aromatic N) is 2. The van der Waals surface area contributed by atoms with Crippen molar-refractivity contribution in [3.05, 3.63) is 11.1 Å². The number of carbonyl (C=O) groups is 1. The second-order valence-electron chi connectivity index (χ2n) is 4.57. The SMILES string of the molecule is COCC1CCN(c2nc(CCC(=O)O)cs2)C1. The summed E-state index contributed by atoms with van der Waals surface area (Å²) in [7, 11) is 1.73. The fourth-order valence-corrected chi connectivity index (χ4v) is 3.07. The van der Waals surface area contributed by atoms with Crippen molar-refractivity contribution in [2.24, 2.45) is 5.92 Å². The van der Waals surface area contributed by atoms with Gasteiger partial charge in [-0.05, 0) is 6.42 Å². The Bertz CT molecular complexity index is 408. The monoisotopic (exact) mass is 270 g/mol. The number of thiazole rings is 1. The standard InChI is InChI=1S/C12H18N2O3S/c1-17-7-9-4-5-14(6-9)12-13-10(8-18-12)2-3-11(15)16/h8-9H,2-7H2,1H3,(H,15,16). The van der Waals surface area contributed by atoms with Crippen molar-refractivity contribution in [3.63, 3.8) is 0 Å². The van der Waals surface area contributed by atoms with Gasteiger partial charge in [0.1, 0.15) is 0 Å². The summed E-state index contributed by atoms with van der Waals surface area (Å²) < 4.78 is 5.17. The van der Waals surface area contributed by atoms with Crippen LogP contribution in [-0.4, -0.2) is 42.9 Å². The molecule has 0 bridgehead atoms. The molecule has 5 nitrogen and oxygen atoms in total. The van der Waals surface area contributed by atoms with E-state index in [1.807, 2.05) is 5.38 Å². The van der Waals surface area contributed by atoms with E-state index in [9.17, 15) is 4.79 Å². The Balaban J connectivity index is 1.88. The maximum absolute atomic E-state index is 10.5. The number of aliphatic carboxylic acids is 1. The van der Waals surface area contributed by atoms with Crippen LogP contribution in [0.2, 0.25) is 0 Å². The van der Waals surface area contributed by atoms with E-state index in [-0.39, 0.29) is 6.42 Å². The van der Waals surface area contributed by atoms with Crippen molar-refractivity contribution in [2.75, 3.05) is 31.7 Å². The van der Waals surface area contributed by atoms with Gasteiger partial charge < -0.3 is 14.7 Å². The summed E-state index contributed by atoms with van der Waals surface area (Å²) in [5.74, 6) is -0.188. The number of ether oxygens (including phenoxy) is 1. The fourth-order valence-electron chi connectivity index (χ4n) is 2.17. The van der Waals surface area contributed by atoms with Crippen molar-refractivity contribution in [3.8, 4) is 0 Å². The van der Waals surface area contributed by atoms with E-state index < -0.39 is 5.97 Å². The number of hydrogen-bond donors (Lipinski definition) is 1.